The second kappa shape index (κ2) is 4.67. The van der Waals surface area contributed by atoms with Gasteiger partial charge in [-0.25, -0.2) is 0 Å². The summed E-state index contributed by atoms with van der Waals surface area (Å²) < 4.78 is 0. The van der Waals surface area contributed by atoms with Gasteiger partial charge in [-0.3, -0.25) is 0 Å². The molecule has 16 heavy (non-hydrogen) atoms. The van der Waals surface area contributed by atoms with Crippen molar-refractivity contribution in [2.24, 2.45) is 0 Å². The number of nitrogen functional groups attached to an aromatic ring is 1. The zero-order chi connectivity index (χ0) is 11.4. The Morgan fingerprint density at radius 3 is 2.44 bits per heavy atom. The maximum atomic E-state index is 5.91. The van der Waals surface area contributed by atoms with Crippen LogP contribution in [0.25, 0.3) is 6.08 Å². The molecule has 0 aromatic heterocycles. The van der Waals surface area contributed by atoms with Crippen molar-refractivity contribution in [3.05, 3.63) is 71.8 Å². The quantitative estimate of drug-likeness (QED) is 0.769. The fourth-order valence-corrected chi connectivity index (χ4v) is 1.85. The van der Waals surface area contributed by atoms with E-state index in [2.05, 4.69) is 36.9 Å². The van der Waals surface area contributed by atoms with Crippen LogP contribution >= 0.6 is 0 Å². The molecule has 1 nitrogen and oxygen atoms in total. The second-order valence-electron chi connectivity index (χ2n) is 3.79. The molecule has 0 unspecified atom stereocenters. The van der Waals surface area contributed by atoms with Crippen molar-refractivity contribution in [2.75, 3.05) is 5.73 Å². The standard InChI is InChI=1S/C15H15N/c1-2-14-13(9-6-10-15(14)16)11-12-7-4-3-5-8-12/h2-10H,1,11,16H2. The molecule has 0 fully saturated rings. The molecule has 2 aromatic rings. The highest BCUT2D eigenvalue weighted by atomic mass is 14.6. The zero-order valence-corrected chi connectivity index (χ0v) is 9.19. The molecule has 0 aliphatic carbocycles. The fraction of sp³-hybridized carbons (Fsp3) is 0.0667. The van der Waals surface area contributed by atoms with E-state index in [-0.39, 0.29) is 0 Å². The largest absolute Gasteiger partial charge is 0.398 e. The molecular weight excluding hydrogens is 194 g/mol. The molecule has 80 valence electrons. The van der Waals surface area contributed by atoms with E-state index in [1.54, 1.807) is 0 Å². The smallest absolute Gasteiger partial charge is 0.0390 e. The highest BCUT2D eigenvalue weighted by molar-refractivity contribution is 5.67. The van der Waals surface area contributed by atoms with E-state index in [1.165, 1.54) is 11.1 Å². The van der Waals surface area contributed by atoms with Gasteiger partial charge in [0.2, 0.25) is 0 Å². The van der Waals surface area contributed by atoms with Gasteiger partial charge in [0.1, 0.15) is 0 Å². The summed E-state index contributed by atoms with van der Waals surface area (Å²) in [4.78, 5) is 0. The summed E-state index contributed by atoms with van der Waals surface area (Å²) in [7, 11) is 0. The second-order valence-corrected chi connectivity index (χ2v) is 3.79. The van der Waals surface area contributed by atoms with Gasteiger partial charge in [0.05, 0.1) is 0 Å². The minimum Gasteiger partial charge on any atom is -0.398 e. The van der Waals surface area contributed by atoms with Crippen LogP contribution in [-0.2, 0) is 6.42 Å². The van der Waals surface area contributed by atoms with Crippen molar-refractivity contribution >= 4 is 11.8 Å². The molecule has 0 heterocycles. The van der Waals surface area contributed by atoms with Crippen LogP contribution in [0.3, 0.4) is 0 Å². The van der Waals surface area contributed by atoms with E-state index in [0.717, 1.165) is 17.7 Å². The van der Waals surface area contributed by atoms with Crippen molar-refractivity contribution in [1.29, 1.82) is 0 Å². The van der Waals surface area contributed by atoms with E-state index in [9.17, 15) is 0 Å². The normalized spacial score (nSPS) is 10.0. The van der Waals surface area contributed by atoms with Crippen LogP contribution in [0, 0.1) is 0 Å². The van der Waals surface area contributed by atoms with Crippen molar-refractivity contribution in [1.82, 2.24) is 0 Å². The minimum absolute atomic E-state index is 0.795. The maximum absolute atomic E-state index is 5.91. The summed E-state index contributed by atoms with van der Waals surface area (Å²) >= 11 is 0. The number of hydrogen-bond donors (Lipinski definition) is 1. The first-order valence-electron chi connectivity index (χ1n) is 5.35. The van der Waals surface area contributed by atoms with Crippen LogP contribution in [0.2, 0.25) is 0 Å². The van der Waals surface area contributed by atoms with Gasteiger partial charge >= 0.3 is 0 Å². The molecule has 0 saturated heterocycles. The first kappa shape index (κ1) is 10.5. The summed E-state index contributed by atoms with van der Waals surface area (Å²) in [5, 5.41) is 0. The number of benzene rings is 2. The molecule has 0 bridgehead atoms. The monoisotopic (exact) mass is 209 g/mol. The highest BCUT2D eigenvalue weighted by Crippen LogP contribution is 2.21. The summed E-state index contributed by atoms with van der Waals surface area (Å²) in [6.07, 6.45) is 2.72. The Labute approximate surface area is 96.2 Å². The molecule has 2 rings (SSSR count). The third kappa shape index (κ3) is 2.14. The van der Waals surface area contributed by atoms with Gasteiger partial charge in [-0.2, -0.15) is 0 Å². The predicted molar refractivity (Wildman–Crippen MR) is 70.2 cm³/mol. The Kier molecular flexibility index (Phi) is 3.06. The molecular formula is C15H15N. The lowest BCUT2D eigenvalue weighted by Crippen LogP contribution is -1.96. The van der Waals surface area contributed by atoms with Gasteiger partial charge in [-0.05, 0) is 23.6 Å². The van der Waals surface area contributed by atoms with Crippen LogP contribution in [0.5, 0.6) is 0 Å². The molecule has 0 amide bonds. The lowest BCUT2D eigenvalue weighted by molar-refractivity contribution is 1.19. The first-order valence-corrected chi connectivity index (χ1v) is 5.35. The number of rotatable bonds is 3. The Morgan fingerprint density at radius 1 is 1.00 bits per heavy atom. The Hall–Kier alpha value is -2.02. The SMILES string of the molecule is C=Cc1c(N)cccc1Cc1ccccc1. The predicted octanol–water partition coefficient (Wildman–Crippen LogP) is 3.50. The highest BCUT2D eigenvalue weighted by Gasteiger charge is 2.03. The molecule has 0 atom stereocenters. The number of nitrogens with two attached hydrogens (primary N) is 1. The van der Waals surface area contributed by atoms with E-state index in [1.807, 2.05) is 24.3 Å². The van der Waals surface area contributed by atoms with Crippen LogP contribution in [0.1, 0.15) is 16.7 Å². The molecule has 0 aliphatic rings. The summed E-state index contributed by atoms with van der Waals surface area (Å²) in [6, 6.07) is 16.4. The summed E-state index contributed by atoms with van der Waals surface area (Å²) in [6.45, 7) is 3.81. The van der Waals surface area contributed by atoms with Gasteiger partial charge in [0.15, 0.2) is 0 Å². The molecule has 0 spiro atoms. The first-order chi connectivity index (χ1) is 7.81. The molecule has 1 heteroatoms. The van der Waals surface area contributed by atoms with Crippen LogP contribution in [-0.4, -0.2) is 0 Å². The average Bonchev–Trinajstić information content (AvgIpc) is 2.31. The van der Waals surface area contributed by atoms with Crippen molar-refractivity contribution in [3.8, 4) is 0 Å². The van der Waals surface area contributed by atoms with Crippen molar-refractivity contribution < 1.29 is 0 Å². The Bertz CT molecular complexity index is 486. The van der Waals surface area contributed by atoms with E-state index < -0.39 is 0 Å². The van der Waals surface area contributed by atoms with E-state index >= 15 is 0 Å². The van der Waals surface area contributed by atoms with Crippen LogP contribution < -0.4 is 5.73 Å². The van der Waals surface area contributed by atoms with E-state index in [4.69, 9.17) is 5.73 Å². The Balaban J connectivity index is 2.35. The molecule has 0 saturated carbocycles. The van der Waals surface area contributed by atoms with Gasteiger partial charge in [-0.15, -0.1) is 0 Å². The van der Waals surface area contributed by atoms with Crippen molar-refractivity contribution in [2.45, 2.75) is 6.42 Å². The fourth-order valence-electron chi connectivity index (χ4n) is 1.85. The number of hydrogen-bond acceptors (Lipinski definition) is 1. The summed E-state index contributed by atoms with van der Waals surface area (Å²) in [5.74, 6) is 0. The summed E-state index contributed by atoms with van der Waals surface area (Å²) in [5.41, 5.74) is 10.3. The maximum Gasteiger partial charge on any atom is 0.0390 e. The lowest BCUT2D eigenvalue weighted by atomic mass is 9.98. The molecule has 0 radical (unpaired) electrons. The minimum atomic E-state index is 0.795. The average molecular weight is 209 g/mol. The molecule has 0 aliphatic heterocycles. The van der Waals surface area contributed by atoms with E-state index in [0.29, 0.717) is 0 Å². The number of anilines is 1. The van der Waals surface area contributed by atoms with Gasteiger partial charge in [0, 0.05) is 11.3 Å². The zero-order valence-electron chi connectivity index (χ0n) is 9.19. The van der Waals surface area contributed by atoms with Gasteiger partial charge < -0.3 is 5.73 Å². The molecule has 2 N–H and O–H groups in total. The van der Waals surface area contributed by atoms with Crippen LogP contribution in [0.15, 0.2) is 55.1 Å². The Morgan fingerprint density at radius 2 is 1.75 bits per heavy atom. The van der Waals surface area contributed by atoms with Gasteiger partial charge in [-0.1, -0.05) is 55.1 Å². The third-order valence-electron chi connectivity index (χ3n) is 2.67. The molecule has 2 aromatic carbocycles. The lowest BCUT2D eigenvalue weighted by Gasteiger charge is -2.08. The topological polar surface area (TPSA) is 26.0 Å². The van der Waals surface area contributed by atoms with Crippen LogP contribution in [0.4, 0.5) is 5.69 Å². The van der Waals surface area contributed by atoms with Gasteiger partial charge in [0.25, 0.3) is 0 Å². The van der Waals surface area contributed by atoms with Crippen molar-refractivity contribution in [3.63, 3.8) is 0 Å². The third-order valence-corrected chi connectivity index (χ3v) is 2.67.